The average molecular weight is 277 g/mol. The Morgan fingerprint density at radius 1 is 0.714 bits per heavy atom. The second kappa shape index (κ2) is 5.82. The highest BCUT2D eigenvalue weighted by Crippen LogP contribution is 2.18. The summed E-state index contributed by atoms with van der Waals surface area (Å²) >= 11 is 0. The van der Waals surface area contributed by atoms with Crippen molar-refractivity contribution < 1.29 is 10.0 Å². The molecule has 2 N–H and O–H groups in total. The molecular formula is C15H12BN3O2. The number of hydrogen-bond donors (Lipinski definition) is 2. The van der Waals surface area contributed by atoms with Gasteiger partial charge in [-0.05, 0) is 41.9 Å². The summed E-state index contributed by atoms with van der Waals surface area (Å²) < 4.78 is 0. The second-order valence-corrected chi connectivity index (χ2v) is 4.47. The zero-order valence-corrected chi connectivity index (χ0v) is 11.1. The Hall–Kier alpha value is -2.57. The zero-order valence-electron chi connectivity index (χ0n) is 11.1. The molecule has 102 valence electrons. The van der Waals surface area contributed by atoms with E-state index in [1.165, 1.54) is 0 Å². The maximum atomic E-state index is 9.45. The van der Waals surface area contributed by atoms with Crippen molar-refractivity contribution in [2.75, 3.05) is 0 Å². The lowest BCUT2D eigenvalue weighted by Gasteiger charge is -2.08. The van der Waals surface area contributed by atoms with Crippen molar-refractivity contribution in [3.8, 4) is 22.8 Å². The number of aromatic nitrogens is 3. The van der Waals surface area contributed by atoms with Gasteiger partial charge in [0.25, 0.3) is 0 Å². The first-order valence-corrected chi connectivity index (χ1v) is 6.45. The van der Waals surface area contributed by atoms with Crippen LogP contribution in [0.3, 0.4) is 0 Å². The molecule has 0 aliphatic carbocycles. The van der Waals surface area contributed by atoms with Crippen LogP contribution in [0.1, 0.15) is 0 Å². The highest BCUT2D eigenvalue weighted by Gasteiger charge is 2.16. The monoisotopic (exact) mass is 277 g/mol. The molecule has 0 amide bonds. The highest BCUT2D eigenvalue weighted by atomic mass is 16.4. The number of hydrogen-bond acceptors (Lipinski definition) is 5. The molecule has 0 spiro atoms. The fraction of sp³-hybridized carbons (Fsp3) is 0. The van der Waals surface area contributed by atoms with Crippen LogP contribution in [0.5, 0.6) is 0 Å². The van der Waals surface area contributed by atoms with Crippen molar-refractivity contribution >= 4 is 12.6 Å². The first-order valence-electron chi connectivity index (χ1n) is 6.45. The zero-order chi connectivity index (χ0) is 14.7. The minimum Gasteiger partial charge on any atom is -0.423 e. The summed E-state index contributed by atoms with van der Waals surface area (Å²) in [4.78, 5) is 13.0. The van der Waals surface area contributed by atoms with Crippen LogP contribution in [0.2, 0.25) is 0 Å². The van der Waals surface area contributed by atoms with Gasteiger partial charge in [-0.25, -0.2) is 4.98 Å². The van der Waals surface area contributed by atoms with E-state index in [1.807, 2.05) is 36.4 Å². The van der Waals surface area contributed by atoms with Gasteiger partial charge in [-0.1, -0.05) is 12.1 Å². The lowest BCUT2D eigenvalue weighted by atomic mass is 9.79. The minimum absolute atomic E-state index is 0.353. The molecule has 0 radical (unpaired) electrons. The summed E-state index contributed by atoms with van der Waals surface area (Å²) in [6.45, 7) is 0. The molecule has 0 fully saturated rings. The molecule has 21 heavy (non-hydrogen) atoms. The second-order valence-electron chi connectivity index (χ2n) is 4.47. The first kappa shape index (κ1) is 13.4. The van der Waals surface area contributed by atoms with Crippen molar-refractivity contribution in [1.29, 1.82) is 0 Å². The molecular weight excluding hydrogens is 265 g/mol. The van der Waals surface area contributed by atoms with E-state index in [-0.39, 0.29) is 0 Å². The summed E-state index contributed by atoms with van der Waals surface area (Å²) in [5.41, 5.74) is 2.82. The maximum absolute atomic E-state index is 9.45. The Balaban J connectivity index is 2.16. The Morgan fingerprint density at radius 2 is 1.24 bits per heavy atom. The molecule has 3 aromatic rings. The Bertz CT molecular complexity index is 679. The molecule has 5 nitrogen and oxygen atoms in total. The Labute approximate surface area is 122 Å². The van der Waals surface area contributed by atoms with Crippen LogP contribution < -0.4 is 5.46 Å². The molecule has 0 aliphatic heterocycles. The van der Waals surface area contributed by atoms with Crippen molar-refractivity contribution in [3.05, 3.63) is 60.9 Å². The van der Waals surface area contributed by atoms with Crippen molar-refractivity contribution in [2.24, 2.45) is 0 Å². The van der Waals surface area contributed by atoms with E-state index in [1.54, 1.807) is 24.5 Å². The molecule has 0 unspecified atom stereocenters. The average Bonchev–Trinajstić information content (AvgIpc) is 2.56. The van der Waals surface area contributed by atoms with Gasteiger partial charge in [0.1, 0.15) is 0 Å². The van der Waals surface area contributed by atoms with E-state index in [2.05, 4.69) is 15.0 Å². The highest BCUT2D eigenvalue weighted by molar-refractivity contribution is 6.58. The maximum Gasteiger partial charge on any atom is 0.488 e. The van der Waals surface area contributed by atoms with Crippen LogP contribution in [0, 0.1) is 0 Å². The predicted molar refractivity (Wildman–Crippen MR) is 80.5 cm³/mol. The molecule has 0 saturated heterocycles. The van der Waals surface area contributed by atoms with E-state index < -0.39 is 7.12 Å². The summed E-state index contributed by atoms with van der Waals surface area (Å²) in [7, 11) is -1.57. The SMILES string of the molecule is OB(O)c1cc(-c2ccccn2)nc(-c2ccccn2)c1. The van der Waals surface area contributed by atoms with Gasteiger partial charge < -0.3 is 10.0 Å². The van der Waals surface area contributed by atoms with E-state index >= 15 is 0 Å². The van der Waals surface area contributed by atoms with Crippen LogP contribution >= 0.6 is 0 Å². The molecule has 0 atom stereocenters. The van der Waals surface area contributed by atoms with Crippen molar-refractivity contribution in [3.63, 3.8) is 0 Å². The van der Waals surface area contributed by atoms with Gasteiger partial charge >= 0.3 is 7.12 Å². The van der Waals surface area contributed by atoms with Crippen molar-refractivity contribution in [2.45, 2.75) is 0 Å². The standard InChI is InChI=1S/C15H12BN3O2/c20-16(21)11-9-14(12-5-1-3-7-17-12)19-15(10-11)13-6-2-4-8-18-13/h1-10,20-21H. The van der Waals surface area contributed by atoms with E-state index in [9.17, 15) is 10.0 Å². The normalized spacial score (nSPS) is 10.4. The summed E-state index contributed by atoms with van der Waals surface area (Å²) in [6, 6.07) is 14.2. The predicted octanol–water partition coefficient (Wildman–Crippen LogP) is 0.885. The van der Waals surface area contributed by atoms with Crippen LogP contribution in [0.15, 0.2) is 60.9 Å². The smallest absolute Gasteiger partial charge is 0.423 e. The molecule has 0 bridgehead atoms. The molecule has 3 rings (SSSR count). The first-order chi connectivity index (χ1) is 10.2. The molecule has 0 aliphatic rings. The van der Waals surface area contributed by atoms with Gasteiger partial charge in [-0.3, -0.25) is 9.97 Å². The fourth-order valence-corrected chi connectivity index (χ4v) is 1.99. The number of nitrogens with zero attached hydrogens (tertiary/aromatic N) is 3. The van der Waals surface area contributed by atoms with Gasteiger partial charge in [-0.2, -0.15) is 0 Å². The largest absolute Gasteiger partial charge is 0.488 e. The van der Waals surface area contributed by atoms with Crippen LogP contribution in [-0.4, -0.2) is 32.1 Å². The lowest BCUT2D eigenvalue weighted by molar-refractivity contribution is 0.426. The van der Waals surface area contributed by atoms with Gasteiger partial charge in [0.15, 0.2) is 0 Å². The number of rotatable bonds is 3. The molecule has 0 aromatic carbocycles. The van der Waals surface area contributed by atoms with Crippen LogP contribution in [0.4, 0.5) is 0 Å². The minimum atomic E-state index is -1.57. The molecule has 3 aromatic heterocycles. The number of pyridine rings is 3. The van der Waals surface area contributed by atoms with Gasteiger partial charge in [-0.15, -0.1) is 0 Å². The van der Waals surface area contributed by atoms with Crippen LogP contribution in [0.25, 0.3) is 22.8 Å². The quantitative estimate of drug-likeness (QED) is 0.695. The van der Waals surface area contributed by atoms with Crippen LogP contribution in [-0.2, 0) is 0 Å². The Kier molecular flexibility index (Phi) is 3.72. The third-order valence-electron chi connectivity index (χ3n) is 3.00. The Morgan fingerprint density at radius 3 is 1.62 bits per heavy atom. The van der Waals surface area contributed by atoms with Crippen molar-refractivity contribution in [1.82, 2.24) is 15.0 Å². The third kappa shape index (κ3) is 2.96. The topological polar surface area (TPSA) is 79.1 Å². The lowest BCUT2D eigenvalue weighted by Crippen LogP contribution is -2.30. The van der Waals surface area contributed by atoms with Gasteiger partial charge in [0.05, 0.1) is 22.8 Å². The van der Waals surface area contributed by atoms with Gasteiger partial charge in [0.2, 0.25) is 0 Å². The fourth-order valence-electron chi connectivity index (χ4n) is 1.99. The summed E-state index contributed by atoms with van der Waals surface area (Å²) in [5, 5.41) is 18.9. The van der Waals surface area contributed by atoms with E-state index in [0.29, 0.717) is 28.2 Å². The van der Waals surface area contributed by atoms with E-state index in [4.69, 9.17) is 0 Å². The van der Waals surface area contributed by atoms with E-state index in [0.717, 1.165) is 0 Å². The summed E-state index contributed by atoms with van der Waals surface area (Å²) in [5.74, 6) is 0. The van der Waals surface area contributed by atoms with Gasteiger partial charge in [0, 0.05) is 12.4 Å². The molecule has 3 heterocycles. The molecule has 0 saturated carbocycles. The molecule has 6 heteroatoms. The summed E-state index contributed by atoms with van der Waals surface area (Å²) in [6.07, 6.45) is 3.33. The third-order valence-corrected chi connectivity index (χ3v) is 3.00.